The predicted molar refractivity (Wildman–Crippen MR) is 118 cm³/mol. The van der Waals surface area contributed by atoms with Gasteiger partial charge in [0.25, 0.3) is 15.7 Å². The number of anilines is 1. The highest BCUT2D eigenvalue weighted by molar-refractivity contribution is 9.10. The third-order valence-electron chi connectivity index (χ3n) is 3.91. The molecule has 0 bridgehead atoms. The molecular formula is C19H14BrClN4O4S. The maximum absolute atomic E-state index is 12.9. The molecule has 0 amide bonds. The number of sulfonamides is 1. The highest BCUT2D eigenvalue weighted by Crippen LogP contribution is 2.32. The molecule has 0 aliphatic rings. The number of non-ortho nitro benzene ring substituents is 1. The molecule has 0 radical (unpaired) electrons. The zero-order valence-electron chi connectivity index (χ0n) is 15.2. The summed E-state index contributed by atoms with van der Waals surface area (Å²) < 4.78 is 29.1. The van der Waals surface area contributed by atoms with Crippen molar-refractivity contribution in [2.45, 2.75) is 11.4 Å². The number of nitrogens with zero attached hydrogens (tertiary/aromatic N) is 3. The van der Waals surface area contributed by atoms with Crippen molar-refractivity contribution in [3.8, 4) is 0 Å². The number of benzene rings is 3. The van der Waals surface area contributed by atoms with E-state index < -0.39 is 14.9 Å². The van der Waals surface area contributed by atoms with Crippen LogP contribution in [0.3, 0.4) is 0 Å². The molecule has 0 aliphatic heterocycles. The SMILES string of the molecule is O=[N+]([O-])c1ccc(N=NCc2ccc(Br)cc2)c(S(=O)(=O)Nc2ccccc2Cl)c1. The normalized spacial score (nSPS) is 11.5. The van der Waals surface area contributed by atoms with E-state index in [1.165, 1.54) is 24.3 Å². The molecule has 0 aromatic heterocycles. The summed E-state index contributed by atoms with van der Waals surface area (Å²) in [5.41, 5.74) is 0.588. The summed E-state index contributed by atoms with van der Waals surface area (Å²) >= 11 is 9.36. The Morgan fingerprint density at radius 2 is 1.77 bits per heavy atom. The minimum absolute atomic E-state index is 0.0303. The Kier molecular flexibility index (Phi) is 6.80. The van der Waals surface area contributed by atoms with Gasteiger partial charge in [-0.3, -0.25) is 14.8 Å². The van der Waals surface area contributed by atoms with Crippen LogP contribution >= 0.6 is 27.5 Å². The summed E-state index contributed by atoms with van der Waals surface area (Å²) in [6, 6.07) is 17.0. The molecule has 11 heteroatoms. The van der Waals surface area contributed by atoms with E-state index in [2.05, 4.69) is 30.9 Å². The van der Waals surface area contributed by atoms with E-state index in [0.717, 1.165) is 16.1 Å². The molecular weight excluding hydrogens is 496 g/mol. The number of nitro benzene ring substituents is 1. The third-order valence-corrected chi connectivity index (χ3v) is 6.16. The first-order chi connectivity index (χ1) is 14.3. The van der Waals surface area contributed by atoms with Gasteiger partial charge in [0, 0.05) is 16.6 Å². The summed E-state index contributed by atoms with van der Waals surface area (Å²) in [6.07, 6.45) is 0. The van der Waals surface area contributed by atoms with Crippen molar-refractivity contribution in [3.05, 3.63) is 91.9 Å². The van der Waals surface area contributed by atoms with Crippen molar-refractivity contribution >= 4 is 54.6 Å². The van der Waals surface area contributed by atoms with Gasteiger partial charge in [0.15, 0.2) is 0 Å². The van der Waals surface area contributed by atoms with Crippen LogP contribution in [0.1, 0.15) is 5.56 Å². The minimum atomic E-state index is -4.22. The average Bonchev–Trinajstić information content (AvgIpc) is 2.71. The number of hydrogen-bond acceptors (Lipinski definition) is 6. The van der Waals surface area contributed by atoms with E-state index in [0.29, 0.717) is 0 Å². The van der Waals surface area contributed by atoms with Crippen LogP contribution < -0.4 is 4.72 Å². The number of nitrogens with one attached hydrogen (secondary N) is 1. The van der Waals surface area contributed by atoms with E-state index in [4.69, 9.17) is 11.6 Å². The van der Waals surface area contributed by atoms with Gasteiger partial charge in [-0.25, -0.2) is 8.42 Å². The molecule has 0 heterocycles. The van der Waals surface area contributed by atoms with Gasteiger partial charge in [-0.05, 0) is 35.9 Å². The van der Waals surface area contributed by atoms with Crippen LogP contribution in [0.5, 0.6) is 0 Å². The summed E-state index contributed by atoms with van der Waals surface area (Å²) in [5.74, 6) is 0. The van der Waals surface area contributed by atoms with E-state index in [9.17, 15) is 18.5 Å². The van der Waals surface area contributed by atoms with Crippen LogP contribution in [0.25, 0.3) is 0 Å². The fourth-order valence-corrected chi connectivity index (χ4v) is 4.18. The van der Waals surface area contributed by atoms with Gasteiger partial charge in [0.05, 0.1) is 22.2 Å². The zero-order valence-corrected chi connectivity index (χ0v) is 18.4. The number of halogens is 2. The number of azo groups is 1. The summed E-state index contributed by atoms with van der Waals surface area (Å²) in [5, 5.41) is 19.4. The Balaban J connectivity index is 1.95. The molecule has 0 spiro atoms. The van der Waals surface area contributed by atoms with Crippen LogP contribution in [0, 0.1) is 10.1 Å². The molecule has 3 rings (SSSR count). The molecule has 8 nitrogen and oxygen atoms in total. The standard InChI is InChI=1S/C19H14BrClN4O4S/c20-14-7-5-13(6-8-14)12-22-23-18-10-9-15(25(26)27)11-19(18)30(28,29)24-17-4-2-1-3-16(17)21/h1-11,24H,12H2. The fraction of sp³-hybridized carbons (Fsp3) is 0.0526. The number of rotatable bonds is 7. The number of nitro groups is 1. The summed E-state index contributed by atoms with van der Waals surface area (Å²) in [4.78, 5) is 10.1. The number of hydrogen-bond donors (Lipinski definition) is 1. The van der Waals surface area contributed by atoms with Crippen molar-refractivity contribution in [1.29, 1.82) is 0 Å². The van der Waals surface area contributed by atoms with E-state index in [1.54, 1.807) is 12.1 Å². The Morgan fingerprint density at radius 1 is 1.07 bits per heavy atom. The fourth-order valence-electron chi connectivity index (χ4n) is 2.44. The van der Waals surface area contributed by atoms with Gasteiger partial charge in [-0.1, -0.05) is 51.8 Å². The van der Waals surface area contributed by atoms with Gasteiger partial charge in [-0.15, -0.1) is 0 Å². The lowest BCUT2D eigenvalue weighted by Crippen LogP contribution is -2.13. The van der Waals surface area contributed by atoms with Crippen molar-refractivity contribution in [2.75, 3.05) is 4.72 Å². The predicted octanol–water partition coefficient (Wildman–Crippen LogP) is 6.10. The highest BCUT2D eigenvalue weighted by Gasteiger charge is 2.23. The van der Waals surface area contributed by atoms with E-state index in [1.807, 2.05) is 24.3 Å². The van der Waals surface area contributed by atoms with Crippen LogP contribution in [0.2, 0.25) is 5.02 Å². The first kappa shape index (κ1) is 21.9. The van der Waals surface area contributed by atoms with Gasteiger partial charge in [0.2, 0.25) is 0 Å². The zero-order chi connectivity index (χ0) is 21.7. The van der Waals surface area contributed by atoms with Crippen molar-refractivity contribution in [2.24, 2.45) is 10.2 Å². The summed E-state index contributed by atoms with van der Waals surface area (Å²) in [6.45, 7) is 0.210. The molecule has 0 unspecified atom stereocenters. The van der Waals surface area contributed by atoms with Crippen LogP contribution in [-0.4, -0.2) is 13.3 Å². The molecule has 0 saturated heterocycles. The molecule has 154 valence electrons. The largest absolute Gasteiger partial charge is 0.278 e. The Morgan fingerprint density at radius 3 is 2.43 bits per heavy atom. The smallest absolute Gasteiger partial charge is 0.270 e. The van der Waals surface area contributed by atoms with Crippen LogP contribution in [-0.2, 0) is 16.6 Å². The van der Waals surface area contributed by atoms with E-state index >= 15 is 0 Å². The lowest BCUT2D eigenvalue weighted by molar-refractivity contribution is -0.385. The molecule has 30 heavy (non-hydrogen) atoms. The maximum Gasteiger partial charge on any atom is 0.270 e. The lowest BCUT2D eigenvalue weighted by atomic mass is 10.2. The second-order valence-electron chi connectivity index (χ2n) is 6.02. The van der Waals surface area contributed by atoms with Crippen LogP contribution in [0.4, 0.5) is 17.1 Å². The lowest BCUT2D eigenvalue weighted by Gasteiger charge is -2.11. The summed E-state index contributed by atoms with van der Waals surface area (Å²) in [7, 11) is -4.22. The van der Waals surface area contributed by atoms with Crippen molar-refractivity contribution in [3.63, 3.8) is 0 Å². The topological polar surface area (TPSA) is 114 Å². The molecule has 3 aromatic rings. The first-order valence-electron chi connectivity index (χ1n) is 8.44. The molecule has 0 aliphatic carbocycles. The quantitative estimate of drug-likeness (QED) is 0.235. The van der Waals surface area contributed by atoms with Crippen LogP contribution in [0.15, 0.2) is 86.3 Å². The number of para-hydroxylation sites is 1. The maximum atomic E-state index is 12.9. The van der Waals surface area contributed by atoms with Gasteiger partial charge in [-0.2, -0.15) is 10.2 Å². The second-order valence-corrected chi connectivity index (χ2v) is 8.99. The van der Waals surface area contributed by atoms with E-state index in [-0.39, 0.29) is 33.5 Å². The second kappa shape index (κ2) is 9.33. The third kappa shape index (κ3) is 5.41. The van der Waals surface area contributed by atoms with Crippen molar-refractivity contribution in [1.82, 2.24) is 0 Å². The van der Waals surface area contributed by atoms with Crippen molar-refractivity contribution < 1.29 is 13.3 Å². The molecule has 3 aromatic carbocycles. The monoisotopic (exact) mass is 508 g/mol. The average molecular weight is 510 g/mol. The Bertz CT molecular complexity index is 1220. The molecule has 0 fully saturated rings. The highest BCUT2D eigenvalue weighted by atomic mass is 79.9. The Labute approximate surface area is 185 Å². The Hall–Kier alpha value is -2.82. The molecule has 1 N–H and O–H groups in total. The van der Waals surface area contributed by atoms with Gasteiger partial charge < -0.3 is 0 Å². The van der Waals surface area contributed by atoms with Gasteiger partial charge in [0.1, 0.15) is 10.6 Å². The minimum Gasteiger partial charge on any atom is -0.278 e. The molecule has 0 atom stereocenters. The van der Waals surface area contributed by atoms with Gasteiger partial charge >= 0.3 is 0 Å². The first-order valence-corrected chi connectivity index (χ1v) is 11.1. The molecule has 0 saturated carbocycles.